The van der Waals surface area contributed by atoms with Gasteiger partial charge < -0.3 is 5.32 Å². The van der Waals surface area contributed by atoms with Crippen LogP contribution in [0, 0.1) is 6.92 Å². The fraction of sp³-hybridized carbons (Fsp3) is 0.455. The molecule has 1 unspecified atom stereocenters. The molecule has 2 rings (SSSR count). The van der Waals surface area contributed by atoms with Crippen LogP contribution in [0.1, 0.15) is 18.1 Å². The Morgan fingerprint density at radius 2 is 2.23 bits per heavy atom. The van der Waals surface area contributed by atoms with Gasteiger partial charge in [0.2, 0.25) is 0 Å². The molecule has 1 heterocycles. The zero-order chi connectivity index (χ0) is 9.47. The summed E-state index contributed by atoms with van der Waals surface area (Å²) in [5.41, 5.74) is 2.29. The molecule has 1 aromatic rings. The summed E-state index contributed by atoms with van der Waals surface area (Å²) in [7, 11) is 0. The highest BCUT2D eigenvalue weighted by Crippen LogP contribution is 2.31. The minimum absolute atomic E-state index is 0.420. The Morgan fingerprint density at radius 3 is 3.00 bits per heavy atom. The number of hydrogen-bond donors (Lipinski definition) is 1. The number of aryl methyl sites for hydroxylation is 1. The second-order valence-electron chi connectivity index (χ2n) is 4.04. The van der Waals surface area contributed by atoms with E-state index < -0.39 is 5.67 Å². The molecule has 0 fully saturated rings. The van der Waals surface area contributed by atoms with Crippen molar-refractivity contribution >= 4 is 5.69 Å². The number of halogens is 1. The van der Waals surface area contributed by atoms with E-state index in [9.17, 15) is 4.39 Å². The summed E-state index contributed by atoms with van der Waals surface area (Å²) < 4.78 is 13.7. The van der Waals surface area contributed by atoms with Crippen molar-refractivity contribution in [1.29, 1.82) is 0 Å². The van der Waals surface area contributed by atoms with Crippen LogP contribution in [0.5, 0.6) is 0 Å². The Bertz CT molecular complexity index is 331. The lowest BCUT2D eigenvalue weighted by Gasteiger charge is -2.30. The van der Waals surface area contributed by atoms with Crippen LogP contribution in [0.25, 0.3) is 0 Å². The summed E-state index contributed by atoms with van der Waals surface area (Å²) in [6.45, 7) is 4.10. The summed E-state index contributed by atoms with van der Waals surface area (Å²) >= 11 is 0. The predicted molar refractivity (Wildman–Crippen MR) is 52.9 cm³/mol. The van der Waals surface area contributed by atoms with Gasteiger partial charge in [0.25, 0.3) is 0 Å². The highest BCUT2D eigenvalue weighted by atomic mass is 19.1. The highest BCUT2D eigenvalue weighted by Gasteiger charge is 2.29. The average Bonchev–Trinajstić information content (AvgIpc) is 2.06. The Hall–Kier alpha value is -1.05. The maximum Gasteiger partial charge on any atom is 0.129 e. The van der Waals surface area contributed by atoms with E-state index in [1.54, 1.807) is 6.92 Å². The molecule has 1 atom stereocenters. The van der Waals surface area contributed by atoms with Crippen LogP contribution in [0.3, 0.4) is 0 Å². The molecule has 1 aromatic carbocycles. The van der Waals surface area contributed by atoms with E-state index in [0.717, 1.165) is 11.3 Å². The van der Waals surface area contributed by atoms with E-state index in [1.165, 1.54) is 5.56 Å². The molecule has 0 radical (unpaired) electrons. The number of fused-ring (bicyclic) bond motifs is 1. The zero-order valence-electron chi connectivity index (χ0n) is 8.02. The normalized spacial score (nSPS) is 26.4. The molecule has 0 aliphatic carbocycles. The standard InChI is InChI=1S/C11H14FN/c1-8-4-3-5-10-9(8)6-11(2,12)7-13-10/h3-5,13H,6-7H2,1-2H3. The molecule has 0 amide bonds. The van der Waals surface area contributed by atoms with Crippen molar-refractivity contribution < 1.29 is 4.39 Å². The molecule has 1 aliphatic rings. The molecule has 70 valence electrons. The van der Waals surface area contributed by atoms with Crippen LogP contribution in [-0.4, -0.2) is 12.2 Å². The van der Waals surface area contributed by atoms with Crippen LogP contribution in [-0.2, 0) is 6.42 Å². The number of anilines is 1. The first-order valence-corrected chi connectivity index (χ1v) is 4.60. The second kappa shape index (κ2) is 2.72. The third-order valence-corrected chi connectivity index (χ3v) is 2.60. The van der Waals surface area contributed by atoms with E-state index in [1.807, 2.05) is 25.1 Å². The van der Waals surface area contributed by atoms with Crippen LogP contribution in [0.15, 0.2) is 18.2 Å². The maximum atomic E-state index is 13.7. The van der Waals surface area contributed by atoms with Crippen molar-refractivity contribution in [2.75, 3.05) is 11.9 Å². The first-order valence-electron chi connectivity index (χ1n) is 4.60. The molecule has 0 saturated carbocycles. The minimum Gasteiger partial charge on any atom is -0.382 e. The topological polar surface area (TPSA) is 12.0 Å². The van der Waals surface area contributed by atoms with Gasteiger partial charge >= 0.3 is 0 Å². The van der Waals surface area contributed by atoms with Gasteiger partial charge in [-0.05, 0) is 31.0 Å². The fourth-order valence-corrected chi connectivity index (χ4v) is 1.81. The largest absolute Gasteiger partial charge is 0.382 e. The van der Waals surface area contributed by atoms with E-state index in [4.69, 9.17) is 0 Å². The van der Waals surface area contributed by atoms with Crippen molar-refractivity contribution in [2.24, 2.45) is 0 Å². The van der Waals surface area contributed by atoms with Crippen molar-refractivity contribution in [2.45, 2.75) is 25.9 Å². The molecular formula is C11H14FN. The lowest BCUT2D eigenvalue weighted by molar-refractivity contribution is 0.201. The van der Waals surface area contributed by atoms with Crippen molar-refractivity contribution in [1.82, 2.24) is 0 Å². The smallest absolute Gasteiger partial charge is 0.129 e. The summed E-state index contributed by atoms with van der Waals surface area (Å²) in [5, 5.41) is 3.12. The summed E-state index contributed by atoms with van der Waals surface area (Å²) in [6, 6.07) is 6.04. The summed E-state index contributed by atoms with van der Waals surface area (Å²) in [5.74, 6) is 0. The summed E-state index contributed by atoms with van der Waals surface area (Å²) in [6.07, 6.45) is 0.530. The van der Waals surface area contributed by atoms with Gasteiger partial charge in [-0.25, -0.2) is 4.39 Å². The van der Waals surface area contributed by atoms with Gasteiger partial charge in [-0.15, -0.1) is 0 Å². The molecule has 1 nitrogen and oxygen atoms in total. The number of hydrogen-bond acceptors (Lipinski definition) is 1. The van der Waals surface area contributed by atoms with Crippen LogP contribution < -0.4 is 5.32 Å². The van der Waals surface area contributed by atoms with Crippen molar-refractivity contribution in [3.8, 4) is 0 Å². The number of benzene rings is 1. The first-order chi connectivity index (χ1) is 6.08. The fourth-order valence-electron chi connectivity index (χ4n) is 1.81. The minimum atomic E-state index is -1.10. The lowest BCUT2D eigenvalue weighted by Crippen LogP contribution is -2.35. The van der Waals surface area contributed by atoms with E-state index in [2.05, 4.69) is 5.32 Å². The molecular weight excluding hydrogens is 165 g/mol. The number of nitrogens with one attached hydrogen (secondary N) is 1. The monoisotopic (exact) mass is 179 g/mol. The van der Waals surface area contributed by atoms with Gasteiger partial charge in [0.15, 0.2) is 0 Å². The summed E-state index contributed by atoms with van der Waals surface area (Å²) in [4.78, 5) is 0. The van der Waals surface area contributed by atoms with E-state index in [-0.39, 0.29) is 0 Å². The molecule has 0 spiro atoms. The zero-order valence-corrected chi connectivity index (χ0v) is 8.02. The quantitative estimate of drug-likeness (QED) is 0.645. The van der Waals surface area contributed by atoms with Crippen LogP contribution >= 0.6 is 0 Å². The Balaban J connectivity index is 2.44. The van der Waals surface area contributed by atoms with E-state index >= 15 is 0 Å². The molecule has 0 saturated heterocycles. The van der Waals surface area contributed by atoms with Crippen LogP contribution in [0.2, 0.25) is 0 Å². The third-order valence-electron chi connectivity index (χ3n) is 2.60. The van der Waals surface area contributed by atoms with Gasteiger partial charge in [-0.1, -0.05) is 12.1 Å². The molecule has 13 heavy (non-hydrogen) atoms. The third kappa shape index (κ3) is 1.53. The Kier molecular flexibility index (Phi) is 1.79. The predicted octanol–water partition coefficient (Wildman–Crippen LogP) is 2.69. The molecule has 1 N–H and O–H groups in total. The molecule has 0 bridgehead atoms. The highest BCUT2D eigenvalue weighted by molar-refractivity contribution is 5.57. The molecule has 2 heteroatoms. The van der Waals surface area contributed by atoms with Gasteiger partial charge in [0.05, 0.1) is 0 Å². The van der Waals surface area contributed by atoms with Gasteiger partial charge in [-0.2, -0.15) is 0 Å². The van der Waals surface area contributed by atoms with Gasteiger partial charge in [0, 0.05) is 18.7 Å². The van der Waals surface area contributed by atoms with Gasteiger partial charge in [0.1, 0.15) is 5.67 Å². The van der Waals surface area contributed by atoms with Crippen LogP contribution in [0.4, 0.5) is 10.1 Å². The number of alkyl halides is 1. The van der Waals surface area contributed by atoms with E-state index in [0.29, 0.717) is 13.0 Å². The Labute approximate surface area is 78.0 Å². The number of rotatable bonds is 0. The molecule has 1 aliphatic heterocycles. The first kappa shape index (κ1) is 8.54. The van der Waals surface area contributed by atoms with Gasteiger partial charge in [-0.3, -0.25) is 0 Å². The SMILES string of the molecule is Cc1cccc2c1CC(C)(F)CN2. The second-order valence-corrected chi connectivity index (χ2v) is 4.04. The maximum absolute atomic E-state index is 13.7. The Morgan fingerprint density at radius 1 is 1.46 bits per heavy atom. The lowest BCUT2D eigenvalue weighted by atomic mass is 9.90. The average molecular weight is 179 g/mol. The van der Waals surface area contributed by atoms with Crippen molar-refractivity contribution in [3.05, 3.63) is 29.3 Å². The van der Waals surface area contributed by atoms with Crippen molar-refractivity contribution in [3.63, 3.8) is 0 Å². The molecule has 0 aromatic heterocycles.